The summed E-state index contributed by atoms with van der Waals surface area (Å²) in [6, 6.07) is 0. The van der Waals surface area contributed by atoms with E-state index in [9.17, 15) is 14.4 Å². The zero-order valence-electron chi connectivity index (χ0n) is 54.1. The van der Waals surface area contributed by atoms with E-state index in [0.29, 0.717) is 19.3 Å². The van der Waals surface area contributed by atoms with Crippen LogP contribution in [0, 0.1) is 0 Å². The molecular formula is C75H134O6. The predicted molar refractivity (Wildman–Crippen MR) is 353 cm³/mol. The molecule has 0 aliphatic heterocycles. The molecule has 0 bridgehead atoms. The lowest BCUT2D eigenvalue weighted by molar-refractivity contribution is -0.167. The molecule has 1 unspecified atom stereocenters. The summed E-state index contributed by atoms with van der Waals surface area (Å²) in [5, 5.41) is 0. The standard InChI is InChI=1S/C75H134O6/c1-4-7-10-13-16-19-22-25-28-31-33-35-36-37-38-39-40-41-43-44-47-50-53-56-59-62-65-68-74(77)80-71-72(70-79-73(76)67-64-61-58-55-52-49-46-30-27-24-21-18-15-12-9-6-3)81-75(78)69-66-63-60-57-54-51-48-45-42-34-32-29-26-23-20-17-14-11-8-5-2/h7,10,16,19,25,28,30,33,35,37-38,46,72H,4-6,8-9,11-15,17-18,20-24,26-27,29,31-32,34,36,39-45,47-71H2,1-3H3/b10-7-,19-16-,28-25-,35-33-,38-37-,46-30-. The lowest BCUT2D eigenvalue weighted by atomic mass is 10.0. The molecule has 81 heavy (non-hydrogen) atoms. The van der Waals surface area contributed by atoms with Crippen LogP contribution >= 0.6 is 0 Å². The van der Waals surface area contributed by atoms with Crippen molar-refractivity contribution in [1.29, 1.82) is 0 Å². The highest BCUT2D eigenvalue weighted by molar-refractivity contribution is 5.71. The van der Waals surface area contributed by atoms with E-state index in [1.54, 1.807) is 0 Å². The Morgan fingerprint density at radius 1 is 0.259 bits per heavy atom. The number of unbranched alkanes of at least 4 members (excludes halogenated alkanes) is 42. The Morgan fingerprint density at radius 2 is 0.481 bits per heavy atom. The molecule has 0 saturated carbocycles. The first-order chi connectivity index (χ1) is 40.0. The molecule has 6 heteroatoms. The van der Waals surface area contributed by atoms with Crippen LogP contribution in [-0.2, 0) is 28.6 Å². The van der Waals surface area contributed by atoms with Crippen LogP contribution in [0.25, 0.3) is 0 Å². The van der Waals surface area contributed by atoms with Gasteiger partial charge in [0.2, 0.25) is 0 Å². The third-order valence-corrected chi connectivity index (χ3v) is 15.7. The van der Waals surface area contributed by atoms with Crippen molar-refractivity contribution < 1.29 is 28.6 Å². The second-order valence-electron chi connectivity index (χ2n) is 23.8. The average molecular weight is 1130 g/mol. The van der Waals surface area contributed by atoms with Gasteiger partial charge in [0.25, 0.3) is 0 Å². The van der Waals surface area contributed by atoms with Gasteiger partial charge < -0.3 is 14.2 Å². The van der Waals surface area contributed by atoms with Crippen molar-refractivity contribution in [2.75, 3.05) is 13.2 Å². The van der Waals surface area contributed by atoms with Gasteiger partial charge in [-0.2, -0.15) is 0 Å². The fraction of sp³-hybridized carbons (Fsp3) is 0.800. The van der Waals surface area contributed by atoms with Crippen molar-refractivity contribution in [1.82, 2.24) is 0 Å². The van der Waals surface area contributed by atoms with Crippen LogP contribution in [0.2, 0.25) is 0 Å². The lowest BCUT2D eigenvalue weighted by Crippen LogP contribution is -2.30. The molecule has 0 aromatic rings. The van der Waals surface area contributed by atoms with Crippen LogP contribution in [0.1, 0.15) is 367 Å². The van der Waals surface area contributed by atoms with E-state index in [0.717, 1.165) is 96.3 Å². The molecular weight excluding hydrogens is 997 g/mol. The van der Waals surface area contributed by atoms with Crippen molar-refractivity contribution in [2.45, 2.75) is 374 Å². The van der Waals surface area contributed by atoms with Gasteiger partial charge in [-0.05, 0) is 89.9 Å². The highest BCUT2D eigenvalue weighted by atomic mass is 16.6. The highest BCUT2D eigenvalue weighted by Gasteiger charge is 2.19. The van der Waals surface area contributed by atoms with Gasteiger partial charge in [0.15, 0.2) is 6.10 Å². The summed E-state index contributed by atoms with van der Waals surface area (Å²) in [4.78, 5) is 38.5. The van der Waals surface area contributed by atoms with Crippen molar-refractivity contribution in [3.8, 4) is 0 Å². The van der Waals surface area contributed by atoms with Crippen LogP contribution in [0.5, 0.6) is 0 Å². The van der Waals surface area contributed by atoms with Crippen molar-refractivity contribution >= 4 is 17.9 Å². The molecule has 0 spiro atoms. The van der Waals surface area contributed by atoms with Crippen LogP contribution in [0.3, 0.4) is 0 Å². The molecule has 0 rings (SSSR count). The molecule has 1 atom stereocenters. The molecule has 0 heterocycles. The Balaban J connectivity index is 4.31. The largest absolute Gasteiger partial charge is 0.462 e. The van der Waals surface area contributed by atoms with E-state index < -0.39 is 6.10 Å². The van der Waals surface area contributed by atoms with E-state index in [4.69, 9.17) is 14.2 Å². The zero-order valence-corrected chi connectivity index (χ0v) is 54.1. The van der Waals surface area contributed by atoms with Crippen molar-refractivity contribution in [3.05, 3.63) is 72.9 Å². The number of ether oxygens (including phenoxy) is 3. The molecule has 0 fully saturated rings. The summed E-state index contributed by atoms with van der Waals surface area (Å²) in [7, 11) is 0. The highest BCUT2D eigenvalue weighted by Crippen LogP contribution is 2.18. The molecule has 0 aromatic carbocycles. The molecule has 0 radical (unpaired) electrons. The molecule has 470 valence electrons. The Hall–Kier alpha value is -3.15. The van der Waals surface area contributed by atoms with Crippen molar-refractivity contribution in [3.63, 3.8) is 0 Å². The summed E-state index contributed by atoms with van der Waals surface area (Å²) < 4.78 is 17.0. The Morgan fingerprint density at radius 3 is 0.765 bits per heavy atom. The molecule has 0 aliphatic carbocycles. The van der Waals surface area contributed by atoms with Gasteiger partial charge in [0.05, 0.1) is 0 Å². The van der Waals surface area contributed by atoms with Gasteiger partial charge in [0.1, 0.15) is 13.2 Å². The first-order valence-electron chi connectivity index (χ1n) is 35.4. The maximum atomic E-state index is 13.0. The van der Waals surface area contributed by atoms with E-state index in [1.165, 1.54) is 231 Å². The normalized spacial score (nSPS) is 12.5. The molecule has 0 N–H and O–H groups in total. The molecule has 0 aromatic heterocycles. The molecule has 0 aliphatic rings. The number of carbonyl (C=O) groups is 3. The first kappa shape index (κ1) is 77.9. The maximum Gasteiger partial charge on any atom is 0.306 e. The predicted octanol–water partition coefficient (Wildman–Crippen LogP) is 24.4. The summed E-state index contributed by atoms with van der Waals surface area (Å²) in [5.74, 6) is -0.862. The topological polar surface area (TPSA) is 78.9 Å². The van der Waals surface area contributed by atoms with Crippen LogP contribution in [0.4, 0.5) is 0 Å². The summed E-state index contributed by atoms with van der Waals surface area (Å²) in [6.45, 7) is 6.58. The number of carbonyl (C=O) groups excluding carboxylic acids is 3. The number of hydrogen-bond donors (Lipinski definition) is 0. The van der Waals surface area contributed by atoms with E-state index in [-0.39, 0.29) is 31.1 Å². The zero-order chi connectivity index (χ0) is 58.5. The van der Waals surface area contributed by atoms with Crippen molar-refractivity contribution in [2.24, 2.45) is 0 Å². The van der Waals surface area contributed by atoms with E-state index >= 15 is 0 Å². The Bertz CT molecular complexity index is 1490. The average Bonchev–Trinajstić information content (AvgIpc) is 3.47. The minimum absolute atomic E-state index is 0.0754. The first-order valence-corrected chi connectivity index (χ1v) is 35.4. The van der Waals surface area contributed by atoms with E-state index in [2.05, 4.69) is 93.7 Å². The molecule has 0 amide bonds. The summed E-state index contributed by atoms with van der Waals surface area (Å²) in [5.41, 5.74) is 0. The SMILES string of the molecule is CC/C=C\C/C=C\C/C=C\C/C=C\C/C=C\CCCCCCCCCCCCCC(=O)OCC(COC(=O)CCCCCCC/C=C\CCCCCCCCC)OC(=O)CCCCCCCCCCCCCCCCCCCCCC. The summed E-state index contributed by atoms with van der Waals surface area (Å²) >= 11 is 0. The summed E-state index contributed by atoms with van der Waals surface area (Å²) in [6.07, 6.45) is 90.6. The fourth-order valence-electron chi connectivity index (χ4n) is 10.4. The van der Waals surface area contributed by atoms with Gasteiger partial charge in [-0.3, -0.25) is 14.4 Å². The number of allylic oxidation sites excluding steroid dienone is 12. The Kier molecular flexibility index (Phi) is 66.6. The third kappa shape index (κ3) is 67.5. The van der Waals surface area contributed by atoms with Gasteiger partial charge in [-0.15, -0.1) is 0 Å². The number of rotatable bonds is 65. The lowest BCUT2D eigenvalue weighted by Gasteiger charge is -2.18. The number of esters is 3. The quantitative estimate of drug-likeness (QED) is 0.0261. The maximum absolute atomic E-state index is 13.0. The van der Waals surface area contributed by atoms with Gasteiger partial charge in [0, 0.05) is 19.3 Å². The van der Waals surface area contributed by atoms with Gasteiger partial charge in [-0.1, -0.05) is 331 Å². The molecule has 0 saturated heterocycles. The van der Waals surface area contributed by atoms with Crippen LogP contribution in [-0.4, -0.2) is 37.2 Å². The van der Waals surface area contributed by atoms with Crippen LogP contribution < -0.4 is 0 Å². The second kappa shape index (κ2) is 69.3. The van der Waals surface area contributed by atoms with E-state index in [1.807, 2.05) is 0 Å². The molecule has 6 nitrogen and oxygen atoms in total. The Labute approximate surface area is 503 Å². The van der Waals surface area contributed by atoms with Gasteiger partial charge >= 0.3 is 17.9 Å². The fourth-order valence-corrected chi connectivity index (χ4v) is 10.4. The van der Waals surface area contributed by atoms with Crippen LogP contribution in [0.15, 0.2) is 72.9 Å². The third-order valence-electron chi connectivity index (χ3n) is 15.7. The second-order valence-corrected chi connectivity index (χ2v) is 23.8. The van der Waals surface area contributed by atoms with Gasteiger partial charge in [-0.25, -0.2) is 0 Å². The monoisotopic (exact) mass is 1130 g/mol. The smallest absolute Gasteiger partial charge is 0.306 e. The number of hydrogen-bond acceptors (Lipinski definition) is 6. The minimum atomic E-state index is -0.779. The minimum Gasteiger partial charge on any atom is -0.462 e.